The first-order valence-electron chi connectivity index (χ1n) is 6.99. The van der Waals surface area contributed by atoms with Crippen LogP contribution in [0.4, 0.5) is 0 Å². The second-order valence-corrected chi connectivity index (χ2v) is 5.53. The predicted molar refractivity (Wildman–Crippen MR) is 82.7 cm³/mol. The Morgan fingerprint density at radius 3 is 2.90 bits per heavy atom. The summed E-state index contributed by atoms with van der Waals surface area (Å²) >= 11 is 5.93. The van der Waals surface area contributed by atoms with Crippen LogP contribution in [0.3, 0.4) is 0 Å². The van der Waals surface area contributed by atoms with Crippen molar-refractivity contribution in [2.24, 2.45) is 0 Å². The van der Waals surface area contributed by atoms with E-state index in [1.807, 2.05) is 48.5 Å². The van der Waals surface area contributed by atoms with Gasteiger partial charge in [-0.25, -0.2) is 0 Å². The third-order valence-corrected chi connectivity index (χ3v) is 3.78. The van der Waals surface area contributed by atoms with Gasteiger partial charge in [0.2, 0.25) is 0 Å². The summed E-state index contributed by atoms with van der Waals surface area (Å²) in [5.41, 5.74) is 2.20. The van der Waals surface area contributed by atoms with Crippen LogP contribution in [0, 0.1) is 0 Å². The maximum atomic E-state index is 12.1. The molecular formula is C17H16ClNO2. The Balaban J connectivity index is 1.50. The van der Waals surface area contributed by atoms with E-state index >= 15 is 0 Å². The first-order chi connectivity index (χ1) is 10.2. The van der Waals surface area contributed by atoms with E-state index in [0.29, 0.717) is 18.0 Å². The molecular weight excluding hydrogens is 286 g/mol. The van der Waals surface area contributed by atoms with Crippen LogP contribution in [0.15, 0.2) is 48.5 Å². The fourth-order valence-electron chi connectivity index (χ4n) is 2.46. The molecule has 1 atom stereocenters. The van der Waals surface area contributed by atoms with Gasteiger partial charge in [0.1, 0.15) is 5.75 Å². The van der Waals surface area contributed by atoms with Gasteiger partial charge in [0.05, 0.1) is 0 Å². The number of halogens is 1. The summed E-state index contributed by atoms with van der Waals surface area (Å²) in [5.74, 6) is 0.751. The number of hydrogen-bond donors (Lipinski definition) is 1. The van der Waals surface area contributed by atoms with E-state index < -0.39 is 6.10 Å². The third kappa shape index (κ3) is 3.37. The van der Waals surface area contributed by atoms with Crippen LogP contribution in [0.25, 0.3) is 0 Å². The molecule has 2 aromatic carbocycles. The molecule has 1 N–H and O–H groups in total. The van der Waals surface area contributed by atoms with Gasteiger partial charge in [0.25, 0.3) is 5.91 Å². The van der Waals surface area contributed by atoms with Gasteiger partial charge in [0, 0.05) is 18.0 Å². The van der Waals surface area contributed by atoms with Crippen LogP contribution < -0.4 is 10.1 Å². The molecule has 1 heterocycles. The summed E-state index contributed by atoms with van der Waals surface area (Å²) < 4.78 is 5.66. The number of carbonyl (C=O) groups excluding carboxylic acids is 1. The van der Waals surface area contributed by atoms with Crippen molar-refractivity contribution in [3.8, 4) is 5.75 Å². The van der Waals surface area contributed by atoms with Crippen molar-refractivity contribution in [1.82, 2.24) is 5.32 Å². The number of hydrogen-bond acceptors (Lipinski definition) is 2. The lowest BCUT2D eigenvalue weighted by Gasteiger charge is -2.11. The minimum atomic E-state index is -0.415. The van der Waals surface area contributed by atoms with Crippen molar-refractivity contribution >= 4 is 17.5 Å². The smallest absolute Gasteiger partial charge is 0.261 e. The Labute approximate surface area is 128 Å². The quantitative estimate of drug-likeness (QED) is 0.943. The summed E-state index contributed by atoms with van der Waals surface area (Å²) in [6, 6.07) is 15.4. The normalized spacial score (nSPS) is 16.1. The molecule has 21 heavy (non-hydrogen) atoms. The molecule has 0 spiro atoms. The molecule has 1 amide bonds. The van der Waals surface area contributed by atoms with Gasteiger partial charge < -0.3 is 10.1 Å². The van der Waals surface area contributed by atoms with Crippen LogP contribution in [-0.4, -0.2) is 18.6 Å². The molecule has 0 aliphatic carbocycles. The van der Waals surface area contributed by atoms with Crippen LogP contribution in [0.5, 0.6) is 5.75 Å². The topological polar surface area (TPSA) is 38.3 Å². The molecule has 108 valence electrons. The molecule has 1 aliphatic heterocycles. The van der Waals surface area contributed by atoms with E-state index in [0.717, 1.165) is 23.3 Å². The van der Waals surface area contributed by atoms with Crippen molar-refractivity contribution in [3.63, 3.8) is 0 Å². The van der Waals surface area contributed by atoms with E-state index in [1.54, 1.807) is 0 Å². The molecule has 3 nitrogen and oxygen atoms in total. The molecule has 3 rings (SSSR count). The van der Waals surface area contributed by atoms with Gasteiger partial charge in [-0.3, -0.25) is 4.79 Å². The molecule has 0 saturated carbocycles. The van der Waals surface area contributed by atoms with Gasteiger partial charge in [-0.1, -0.05) is 41.9 Å². The van der Waals surface area contributed by atoms with Crippen molar-refractivity contribution in [3.05, 3.63) is 64.7 Å². The standard InChI is InChI=1S/C17H16ClNO2/c18-14-6-3-4-12(10-14)8-9-19-17(20)16-11-13-5-1-2-7-15(13)21-16/h1-7,10,16H,8-9,11H2,(H,19,20). The number of ether oxygens (including phenoxy) is 1. The monoisotopic (exact) mass is 301 g/mol. The highest BCUT2D eigenvalue weighted by atomic mass is 35.5. The average molecular weight is 302 g/mol. The van der Waals surface area contributed by atoms with Crippen molar-refractivity contribution in [2.75, 3.05) is 6.54 Å². The van der Waals surface area contributed by atoms with Gasteiger partial charge >= 0.3 is 0 Å². The molecule has 0 aromatic heterocycles. The fourth-order valence-corrected chi connectivity index (χ4v) is 2.68. The Kier molecular flexibility index (Phi) is 4.11. The maximum Gasteiger partial charge on any atom is 0.261 e. The Morgan fingerprint density at radius 2 is 2.10 bits per heavy atom. The second kappa shape index (κ2) is 6.19. The zero-order valence-electron chi connectivity index (χ0n) is 11.5. The van der Waals surface area contributed by atoms with Gasteiger partial charge in [-0.2, -0.15) is 0 Å². The lowest BCUT2D eigenvalue weighted by molar-refractivity contribution is -0.127. The van der Waals surface area contributed by atoms with Gasteiger partial charge in [0.15, 0.2) is 6.10 Å². The SMILES string of the molecule is O=C(NCCc1cccc(Cl)c1)C1Cc2ccccc2O1. The zero-order valence-corrected chi connectivity index (χ0v) is 12.3. The Bertz CT molecular complexity index is 632. The Morgan fingerprint density at radius 1 is 1.24 bits per heavy atom. The van der Waals surface area contributed by atoms with Crippen LogP contribution in [0.2, 0.25) is 5.02 Å². The van der Waals surface area contributed by atoms with E-state index in [2.05, 4.69) is 5.32 Å². The summed E-state index contributed by atoms with van der Waals surface area (Å²) in [7, 11) is 0. The number of amides is 1. The number of carbonyl (C=O) groups is 1. The van der Waals surface area contributed by atoms with E-state index in [1.165, 1.54) is 0 Å². The van der Waals surface area contributed by atoms with Crippen LogP contribution in [-0.2, 0) is 17.6 Å². The molecule has 2 aromatic rings. The summed E-state index contributed by atoms with van der Waals surface area (Å²) in [4.78, 5) is 12.1. The van der Waals surface area contributed by atoms with Crippen molar-refractivity contribution < 1.29 is 9.53 Å². The van der Waals surface area contributed by atoms with E-state index in [4.69, 9.17) is 16.3 Å². The number of para-hydroxylation sites is 1. The third-order valence-electron chi connectivity index (χ3n) is 3.54. The molecule has 0 fully saturated rings. The van der Waals surface area contributed by atoms with Crippen LogP contribution >= 0.6 is 11.6 Å². The van der Waals surface area contributed by atoms with Crippen molar-refractivity contribution in [1.29, 1.82) is 0 Å². The summed E-state index contributed by atoms with van der Waals surface area (Å²) in [6.07, 6.45) is 0.979. The minimum Gasteiger partial charge on any atom is -0.480 e. The maximum absolute atomic E-state index is 12.1. The average Bonchev–Trinajstić information content (AvgIpc) is 2.91. The molecule has 4 heteroatoms. The number of benzene rings is 2. The first kappa shape index (κ1) is 14.0. The highest BCUT2D eigenvalue weighted by molar-refractivity contribution is 6.30. The second-order valence-electron chi connectivity index (χ2n) is 5.09. The molecule has 0 bridgehead atoms. The lowest BCUT2D eigenvalue weighted by Crippen LogP contribution is -2.38. The summed E-state index contributed by atoms with van der Waals surface area (Å²) in [5, 5.41) is 3.64. The summed E-state index contributed by atoms with van der Waals surface area (Å²) in [6.45, 7) is 0.579. The highest BCUT2D eigenvalue weighted by Gasteiger charge is 2.28. The number of rotatable bonds is 4. The molecule has 0 saturated heterocycles. The van der Waals surface area contributed by atoms with Gasteiger partial charge in [-0.05, 0) is 35.7 Å². The van der Waals surface area contributed by atoms with E-state index in [9.17, 15) is 4.79 Å². The fraction of sp³-hybridized carbons (Fsp3) is 0.235. The van der Waals surface area contributed by atoms with Gasteiger partial charge in [-0.15, -0.1) is 0 Å². The molecule has 0 radical (unpaired) electrons. The van der Waals surface area contributed by atoms with E-state index in [-0.39, 0.29) is 5.91 Å². The van der Waals surface area contributed by atoms with Crippen molar-refractivity contribution in [2.45, 2.75) is 18.9 Å². The highest BCUT2D eigenvalue weighted by Crippen LogP contribution is 2.28. The predicted octanol–water partition coefficient (Wildman–Crippen LogP) is 3.00. The largest absolute Gasteiger partial charge is 0.480 e. The lowest BCUT2D eigenvalue weighted by atomic mass is 10.1. The van der Waals surface area contributed by atoms with Crippen LogP contribution in [0.1, 0.15) is 11.1 Å². The first-order valence-corrected chi connectivity index (χ1v) is 7.37. The molecule has 1 unspecified atom stereocenters. The number of nitrogens with one attached hydrogen (secondary N) is 1. The Hall–Kier alpha value is -2.00. The zero-order chi connectivity index (χ0) is 14.7. The number of fused-ring (bicyclic) bond motifs is 1. The molecule has 1 aliphatic rings. The minimum absolute atomic E-state index is 0.0618.